The molecule has 1 aromatic carbocycles. The molecule has 6 heteroatoms. The van der Waals surface area contributed by atoms with E-state index >= 15 is 0 Å². The Balaban J connectivity index is 1.92. The molecule has 1 aliphatic carbocycles. The number of carbonyl (C=O) groups excluding carboxylic acids is 3. The first-order valence-corrected chi connectivity index (χ1v) is 10.3. The highest BCUT2D eigenvalue weighted by molar-refractivity contribution is 6.09. The molecule has 0 bridgehead atoms. The van der Waals surface area contributed by atoms with E-state index in [2.05, 4.69) is 12.2 Å². The normalized spacial score (nSPS) is 21.1. The number of allylic oxidation sites excluding steroid dienone is 1. The fourth-order valence-corrected chi connectivity index (χ4v) is 4.18. The van der Waals surface area contributed by atoms with Gasteiger partial charge in [-0.3, -0.25) is 14.4 Å². The lowest BCUT2D eigenvalue weighted by Crippen LogP contribution is -2.47. The van der Waals surface area contributed by atoms with Gasteiger partial charge in [-0.15, -0.1) is 0 Å². The largest absolute Gasteiger partial charge is 0.497 e. The zero-order valence-corrected chi connectivity index (χ0v) is 17.7. The minimum absolute atomic E-state index is 0.0138. The third-order valence-electron chi connectivity index (χ3n) is 5.66. The van der Waals surface area contributed by atoms with E-state index in [0.717, 1.165) is 18.5 Å². The Morgan fingerprint density at radius 1 is 1.21 bits per heavy atom. The second-order valence-corrected chi connectivity index (χ2v) is 8.67. The van der Waals surface area contributed by atoms with Gasteiger partial charge in [0.2, 0.25) is 11.8 Å². The third-order valence-corrected chi connectivity index (χ3v) is 5.66. The van der Waals surface area contributed by atoms with Crippen molar-refractivity contribution >= 4 is 23.3 Å². The van der Waals surface area contributed by atoms with Gasteiger partial charge in [-0.1, -0.05) is 27.2 Å². The summed E-state index contributed by atoms with van der Waals surface area (Å²) in [7, 11) is 1.58. The summed E-state index contributed by atoms with van der Waals surface area (Å²) in [6.07, 6.45) is 2.91. The van der Waals surface area contributed by atoms with E-state index in [1.807, 2.05) is 13.8 Å². The molecule has 0 aromatic heterocycles. The quantitative estimate of drug-likeness (QED) is 0.788. The van der Waals surface area contributed by atoms with Crippen molar-refractivity contribution in [3.05, 3.63) is 35.5 Å². The molecule has 0 unspecified atom stereocenters. The maximum absolute atomic E-state index is 13.1. The average Bonchev–Trinajstić information content (AvgIpc) is 2.66. The second-order valence-electron chi connectivity index (χ2n) is 8.67. The summed E-state index contributed by atoms with van der Waals surface area (Å²) in [5.74, 6) is -0.435. The number of amides is 2. The SMILES string of the molecule is CCCCN1C(=O)C[C@H](C(=O)Nc2ccc(OC)cc2)C2=C1CC(C)(C)CC2=O. The molecule has 1 aromatic rings. The summed E-state index contributed by atoms with van der Waals surface area (Å²) in [5, 5.41) is 2.86. The molecule has 1 atom stereocenters. The molecule has 6 nitrogen and oxygen atoms in total. The summed E-state index contributed by atoms with van der Waals surface area (Å²) >= 11 is 0. The van der Waals surface area contributed by atoms with E-state index in [4.69, 9.17) is 4.74 Å². The Morgan fingerprint density at radius 2 is 1.90 bits per heavy atom. The Hall–Kier alpha value is -2.63. The number of ether oxygens (including phenoxy) is 1. The zero-order chi connectivity index (χ0) is 21.2. The number of ketones is 1. The van der Waals surface area contributed by atoms with Crippen molar-refractivity contribution in [2.45, 2.75) is 52.9 Å². The molecule has 1 heterocycles. The molecule has 1 aliphatic heterocycles. The highest BCUT2D eigenvalue weighted by Crippen LogP contribution is 2.44. The number of rotatable bonds is 6. The minimum Gasteiger partial charge on any atom is -0.497 e. The molecule has 2 amide bonds. The van der Waals surface area contributed by atoms with Crippen molar-refractivity contribution in [2.24, 2.45) is 11.3 Å². The molecule has 0 saturated heterocycles. The minimum atomic E-state index is -0.735. The first kappa shape index (κ1) is 21.1. The smallest absolute Gasteiger partial charge is 0.232 e. The molecule has 29 heavy (non-hydrogen) atoms. The lowest BCUT2D eigenvalue weighted by atomic mass is 9.70. The lowest BCUT2D eigenvalue weighted by Gasteiger charge is -2.42. The zero-order valence-electron chi connectivity index (χ0n) is 17.7. The summed E-state index contributed by atoms with van der Waals surface area (Å²) in [6.45, 7) is 6.76. The van der Waals surface area contributed by atoms with E-state index in [9.17, 15) is 14.4 Å². The number of hydrogen-bond donors (Lipinski definition) is 1. The molecule has 2 aliphatic rings. The molecule has 156 valence electrons. The number of Topliss-reactive ketones (excluding diaryl/α,β-unsaturated/α-hetero) is 1. The van der Waals surface area contributed by atoms with Crippen molar-refractivity contribution in [1.82, 2.24) is 4.90 Å². The number of benzene rings is 1. The van der Waals surface area contributed by atoms with Crippen LogP contribution < -0.4 is 10.1 Å². The van der Waals surface area contributed by atoms with Crippen LogP contribution in [0.4, 0.5) is 5.69 Å². The van der Waals surface area contributed by atoms with Crippen LogP contribution in [0.25, 0.3) is 0 Å². The number of unbranched alkanes of at least 4 members (excludes halogenated alkanes) is 1. The van der Waals surface area contributed by atoms with Gasteiger partial charge >= 0.3 is 0 Å². The number of nitrogens with one attached hydrogen (secondary N) is 1. The number of carbonyl (C=O) groups is 3. The second kappa shape index (κ2) is 8.39. The molecule has 0 spiro atoms. The average molecular weight is 399 g/mol. The van der Waals surface area contributed by atoms with Crippen LogP contribution in [0, 0.1) is 11.3 Å². The maximum atomic E-state index is 13.1. The van der Waals surface area contributed by atoms with E-state index in [0.29, 0.717) is 36.4 Å². The topological polar surface area (TPSA) is 75.7 Å². The first-order valence-electron chi connectivity index (χ1n) is 10.3. The van der Waals surface area contributed by atoms with Crippen molar-refractivity contribution in [3.63, 3.8) is 0 Å². The van der Waals surface area contributed by atoms with Gasteiger partial charge < -0.3 is 15.0 Å². The highest BCUT2D eigenvalue weighted by atomic mass is 16.5. The standard InChI is InChI=1S/C23H30N2O4/c1-5-6-11-25-18-13-23(2,3)14-19(26)21(18)17(12-20(25)27)22(28)24-15-7-9-16(29-4)10-8-15/h7-10,17H,5-6,11-14H2,1-4H3,(H,24,28)/t17-/m0/s1. The van der Waals surface area contributed by atoms with Crippen molar-refractivity contribution in [3.8, 4) is 5.75 Å². The highest BCUT2D eigenvalue weighted by Gasteiger charge is 2.45. The van der Waals surface area contributed by atoms with Crippen LogP contribution in [-0.2, 0) is 14.4 Å². The summed E-state index contributed by atoms with van der Waals surface area (Å²) in [4.78, 5) is 40.7. The Morgan fingerprint density at radius 3 is 2.52 bits per heavy atom. The molecular weight excluding hydrogens is 368 g/mol. The molecule has 0 radical (unpaired) electrons. The van der Waals surface area contributed by atoms with Gasteiger partial charge in [0, 0.05) is 36.3 Å². The Bertz CT molecular complexity index is 839. The van der Waals surface area contributed by atoms with Crippen LogP contribution in [0.5, 0.6) is 5.75 Å². The van der Waals surface area contributed by atoms with Crippen molar-refractivity contribution in [1.29, 1.82) is 0 Å². The van der Waals surface area contributed by atoms with Gasteiger partial charge in [0.15, 0.2) is 5.78 Å². The van der Waals surface area contributed by atoms with Gasteiger partial charge in [0.1, 0.15) is 5.75 Å². The van der Waals surface area contributed by atoms with Gasteiger partial charge in [-0.05, 0) is 42.5 Å². The number of nitrogens with zero attached hydrogens (tertiary/aromatic N) is 1. The number of anilines is 1. The number of methoxy groups -OCH3 is 1. The van der Waals surface area contributed by atoms with Crippen LogP contribution in [0.15, 0.2) is 35.5 Å². The van der Waals surface area contributed by atoms with Crippen LogP contribution >= 0.6 is 0 Å². The summed E-state index contributed by atoms with van der Waals surface area (Å²) < 4.78 is 5.14. The van der Waals surface area contributed by atoms with E-state index < -0.39 is 5.92 Å². The first-order chi connectivity index (χ1) is 13.8. The molecule has 3 rings (SSSR count). The molecule has 0 fully saturated rings. The third kappa shape index (κ3) is 4.52. The number of hydrogen-bond acceptors (Lipinski definition) is 4. The van der Waals surface area contributed by atoms with E-state index in [-0.39, 0.29) is 29.4 Å². The Kier molecular flexibility index (Phi) is 6.10. The summed E-state index contributed by atoms with van der Waals surface area (Å²) in [5.41, 5.74) is 1.69. The fourth-order valence-electron chi connectivity index (χ4n) is 4.18. The summed E-state index contributed by atoms with van der Waals surface area (Å²) in [6, 6.07) is 7.01. The lowest BCUT2D eigenvalue weighted by molar-refractivity contribution is -0.136. The monoisotopic (exact) mass is 398 g/mol. The molecule has 0 saturated carbocycles. The van der Waals surface area contributed by atoms with E-state index in [1.54, 1.807) is 36.3 Å². The Labute approximate surface area is 172 Å². The van der Waals surface area contributed by atoms with Crippen molar-refractivity contribution < 1.29 is 19.1 Å². The predicted octanol–water partition coefficient (Wildman–Crippen LogP) is 3.93. The van der Waals surface area contributed by atoms with Gasteiger partial charge in [-0.2, -0.15) is 0 Å². The van der Waals surface area contributed by atoms with Gasteiger partial charge in [0.25, 0.3) is 0 Å². The van der Waals surface area contributed by atoms with Crippen LogP contribution in [0.2, 0.25) is 0 Å². The van der Waals surface area contributed by atoms with Crippen molar-refractivity contribution in [2.75, 3.05) is 19.0 Å². The molecule has 1 N–H and O–H groups in total. The predicted molar refractivity (Wildman–Crippen MR) is 111 cm³/mol. The van der Waals surface area contributed by atoms with Gasteiger partial charge in [-0.25, -0.2) is 0 Å². The van der Waals surface area contributed by atoms with E-state index in [1.165, 1.54) is 0 Å². The molecular formula is C23H30N2O4. The van der Waals surface area contributed by atoms with Crippen LogP contribution in [0.1, 0.15) is 52.9 Å². The fraction of sp³-hybridized carbons (Fsp3) is 0.522. The van der Waals surface area contributed by atoms with Crippen LogP contribution in [-0.4, -0.2) is 36.2 Å². The van der Waals surface area contributed by atoms with Crippen LogP contribution in [0.3, 0.4) is 0 Å². The maximum Gasteiger partial charge on any atom is 0.232 e. The van der Waals surface area contributed by atoms with Gasteiger partial charge in [0.05, 0.1) is 13.0 Å².